The SMILES string of the molecule is CCNC(c1occc1C)c1c(Br)cnn1CCOC. The van der Waals surface area contributed by atoms with Crippen molar-refractivity contribution in [1.29, 1.82) is 0 Å². The minimum atomic E-state index is -0.0243. The predicted octanol–water partition coefficient (Wildman–Crippen LogP) is 2.89. The number of furan rings is 1. The molecular formula is C14H20BrN3O2. The molecule has 1 N–H and O–H groups in total. The quantitative estimate of drug-likeness (QED) is 0.841. The molecule has 0 fully saturated rings. The fourth-order valence-electron chi connectivity index (χ4n) is 2.21. The molecule has 2 heterocycles. The first kappa shape index (κ1) is 15.3. The lowest BCUT2D eigenvalue weighted by Crippen LogP contribution is -2.26. The van der Waals surface area contributed by atoms with Crippen LogP contribution in [0.3, 0.4) is 0 Å². The maximum absolute atomic E-state index is 5.66. The Labute approximate surface area is 127 Å². The van der Waals surface area contributed by atoms with Crippen LogP contribution in [-0.2, 0) is 11.3 Å². The Morgan fingerprint density at radius 1 is 1.55 bits per heavy atom. The number of hydrogen-bond donors (Lipinski definition) is 1. The van der Waals surface area contributed by atoms with Crippen LogP contribution >= 0.6 is 15.9 Å². The average Bonchev–Trinajstić information content (AvgIpc) is 3.01. The molecule has 20 heavy (non-hydrogen) atoms. The molecule has 6 heteroatoms. The van der Waals surface area contributed by atoms with Crippen molar-refractivity contribution < 1.29 is 9.15 Å². The summed E-state index contributed by atoms with van der Waals surface area (Å²) in [5.41, 5.74) is 2.18. The second kappa shape index (κ2) is 7.06. The first-order valence-corrected chi connectivity index (χ1v) is 7.45. The molecule has 2 rings (SSSR count). The smallest absolute Gasteiger partial charge is 0.129 e. The standard InChI is InChI=1S/C14H20BrN3O2/c1-4-16-12(14-10(2)5-7-20-14)13-11(15)9-17-18(13)6-8-19-3/h5,7,9,12,16H,4,6,8H2,1-3H3. The molecular weight excluding hydrogens is 322 g/mol. The monoisotopic (exact) mass is 341 g/mol. The third kappa shape index (κ3) is 3.13. The zero-order chi connectivity index (χ0) is 14.5. The Bertz CT molecular complexity index is 550. The van der Waals surface area contributed by atoms with Crippen LogP contribution in [0, 0.1) is 6.92 Å². The van der Waals surface area contributed by atoms with Gasteiger partial charge in [-0.2, -0.15) is 5.10 Å². The predicted molar refractivity (Wildman–Crippen MR) is 80.8 cm³/mol. The van der Waals surface area contributed by atoms with E-state index < -0.39 is 0 Å². The van der Waals surface area contributed by atoms with E-state index in [-0.39, 0.29) is 6.04 Å². The number of hydrogen-bond acceptors (Lipinski definition) is 4. The molecule has 0 saturated heterocycles. The highest BCUT2D eigenvalue weighted by molar-refractivity contribution is 9.10. The molecule has 110 valence electrons. The summed E-state index contributed by atoms with van der Waals surface area (Å²) in [6.07, 6.45) is 3.53. The van der Waals surface area contributed by atoms with Crippen LogP contribution in [0.25, 0.3) is 0 Å². The van der Waals surface area contributed by atoms with Gasteiger partial charge in [0.15, 0.2) is 0 Å². The normalized spacial score (nSPS) is 12.8. The van der Waals surface area contributed by atoms with Crippen LogP contribution in [0.4, 0.5) is 0 Å². The van der Waals surface area contributed by atoms with E-state index in [0.717, 1.165) is 28.0 Å². The number of halogens is 1. The van der Waals surface area contributed by atoms with Gasteiger partial charge in [-0.05, 0) is 41.0 Å². The van der Waals surface area contributed by atoms with E-state index in [4.69, 9.17) is 9.15 Å². The van der Waals surface area contributed by atoms with E-state index in [1.54, 1.807) is 13.4 Å². The van der Waals surface area contributed by atoms with Crippen LogP contribution < -0.4 is 5.32 Å². The average molecular weight is 342 g/mol. The van der Waals surface area contributed by atoms with Crippen molar-refractivity contribution >= 4 is 15.9 Å². The number of methoxy groups -OCH3 is 1. The van der Waals surface area contributed by atoms with Gasteiger partial charge in [0.05, 0.1) is 35.8 Å². The summed E-state index contributed by atoms with van der Waals surface area (Å²) < 4.78 is 13.7. The Morgan fingerprint density at radius 3 is 2.95 bits per heavy atom. The summed E-state index contributed by atoms with van der Waals surface area (Å²) in [4.78, 5) is 0. The van der Waals surface area contributed by atoms with Gasteiger partial charge in [0.25, 0.3) is 0 Å². The van der Waals surface area contributed by atoms with Crippen molar-refractivity contribution in [2.75, 3.05) is 20.3 Å². The molecule has 2 aromatic rings. The molecule has 0 aliphatic carbocycles. The van der Waals surface area contributed by atoms with Crippen molar-refractivity contribution in [3.05, 3.63) is 40.0 Å². The molecule has 1 unspecified atom stereocenters. The number of nitrogens with zero attached hydrogens (tertiary/aromatic N) is 2. The van der Waals surface area contributed by atoms with E-state index in [2.05, 4.69) is 33.3 Å². The number of nitrogens with one attached hydrogen (secondary N) is 1. The van der Waals surface area contributed by atoms with E-state index in [0.29, 0.717) is 13.2 Å². The van der Waals surface area contributed by atoms with Crippen molar-refractivity contribution in [2.45, 2.75) is 26.4 Å². The van der Waals surface area contributed by atoms with E-state index >= 15 is 0 Å². The van der Waals surface area contributed by atoms with Crippen LogP contribution in [0.1, 0.15) is 30.0 Å². The number of aromatic nitrogens is 2. The molecule has 2 aromatic heterocycles. The minimum Gasteiger partial charge on any atom is -0.467 e. The van der Waals surface area contributed by atoms with E-state index in [9.17, 15) is 0 Å². The third-order valence-corrected chi connectivity index (χ3v) is 3.80. The molecule has 0 radical (unpaired) electrons. The van der Waals surface area contributed by atoms with Crippen molar-refractivity contribution in [1.82, 2.24) is 15.1 Å². The summed E-state index contributed by atoms with van der Waals surface area (Å²) in [6.45, 7) is 6.30. The summed E-state index contributed by atoms with van der Waals surface area (Å²) >= 11 is 3.58. The van der Waals surface area contributed by atoms with Gasteiger partial charge >= 0.3 is 0 Å². The van der Waals surface area contributed by atoms with Gasteiger partial charge in [-0.1, -0.05) is 6.92 Å². The first-order valence-electron chi connectivity index (χ1n) is 6.66. The zero-order valence-corrected chi connectivity index (χ0v) is 13.6. The molecule has 0 aliphatic heterocycles. The molecule has 0 spiro atoms. The summed E-state index contributed by atoms with van der Waals surface area (Å²) in [5, 5.41) is 7.86. The van der Waals surface area contributed by atoms with E-state index in [1.165, 1.54) is 0 Å². The zero-order valence-electron chi connectivity index (χ0n) is 12.0. The molecule has 1 atom stereocenters. The van der Waals surface area contributed by atoms with Gasteiger partial charge in [-0.25, -0.2) is 0 Å². The van der Waals surface area contributed by atoms with Crippen molar-refractivity contribution in [3.8, 4) is 0 Å². The number of aryl methyl sites for hydroxylation is 1. The number of ether oxygens (including phenoxy) is 1. The Balaban J connectivity index is 2.39. The highest BCUT2D eigenvalue weighted by Crippen LogP contribution is 2.30. The first-order chi connectivity index (χ1) is 9.69. The largest absolute Gasteiger partial charge is 0.467 e. The van der Waals surface area contributed by atoms with Crippen molar-refractivity contribution in [3.63, 3.8) is 0 Å². The van der Waals surface area contributed by atoms with Crippen molar-refractivity contribution in [2.24, 2.45) is 0 Å². The molecule has 5 nitrogen and oxygen atoms in total. The molecule has 0 bridgehead atoms. The van der Waals surface area contributed by atoms with Crippen LogP contribution in [0.15, 0.2) is 27.4 Å². The maximum Gasteiger partial charge on any atom is 0.129 e. The fourth-order valence-corrected chi connectivity index (χ4v) is 2.74. The summed E-state index contributed by atoms with van der Waals surface area (Å²) in [6, 6.07) is 1.95. The van der Waals surface area contributed by atoms with Crippen LogP contribution in [-0.4, -0.2) is 30.0 Å². The third-order valence-electron chi connectivity index (χ3n) is 3.19. The Hall–Kier alpha value is -1.11. The van der Waals surface area contributed by atoms with Crippen LogP contribution in [0.5, 0.6) is 0 Å². The Kier molecular flexibility index (Phi) is 5.39. The minimum absolute atomic E-state index is 0.0243. The second-order valence-electron chi connectivity index (χ2n) is 4.55. The number of rotatable bonds is 7. The second-order valence-corrected chi connectivity index (χ2v) is 5.41. The highest BCUT2D eigenvalue weighted by atomic mass is 79.9. The van der Waals surface area contributed by atoms with Gasteiger partial charge in [0, 0.05) is 7.11 Å². The van der Waals surface area contributed by atoms with Gasteiger partial charge in [-0.15, -0.1) is 0 Å². The Morgan fingerprint density at radius 2 is 2.35 bits per heavy atom. The van der Waals surface area contributed by atoms with Gasteiger partial charge < -0.3 is 14.5 Å². The molecule has 0 saturated carbocycles. The van der Waals surface area contributed by atoms with Gasteiger partial charge in [-0.3, -0.25) is 4.68 Å². The molecule has 0 aromatic carbocycles. The summed E-state index contributed by atoms with van der Waals surface area (Å²) in [7, 11) is 1.69. The topological polar surface area (TPSA) is 52.2 Å². The fraction of sp³-hybridized carbons (Fsp3) is 0.500. The van der Waals surface area contributed by atoms with E-state index in [1.807, 2.05) is 23.9 Å². The highest BCUT2D eigenvalue weighted by Gasteiger charge is 2.25. The van der Waals surface area contributed by atoms with Crippen LogP contribution in [0.2, 0.25) is 0 Å². The lowest BCUT2D eigenvalue weighted by Gasteiger charge is -2.19. The van der Waals surface area contributed by atoms with Gasteiger partial charge in [0.1, 0.15) is 11.8 Å². The maximum atomic E-state index is 5.66. The summed E-state index contributed by atoms with van der Waals surface area (Å²) in [5.74, 6) is 0.923. The molecule has 0 aliphatic rings. The lowest BCUT2D eigenvalue weighted by atomic mass is 10.1. The lowest BCUT2D eigenvalue weighted by molar-refractivity contribution is 0.181. The van der Waals surface area contributed by atoms with Gasteiger partial charge in [0.2, 0.25) is 0 Å². The molecule has 0 amide bonds.